The van der Waals surface area contributed by atoms with Gasteiger partial charge in [0.05, 0.1) is 18.5 Å². The van der Waals surface area contributed by atoms with Gasteiger partial charge in [-0.2, -0.15) is 0 Å². The maximum absolute atomic E-state index is 12.1. The first-order valence-corrected chi connectivity index (χ1v) is 6.21. The van der Waals surface area contributed by atoms with E-state index < -0.39 is 5.97 Å². The molecule has 7 nitrogen and oxygen atoms in total. The Kier molecular flexibility index (Phi) is 5.92. The minimum atomic E-state index is -1.10. The number of urea groups is 1. The Hall–Kier alpha value is -2.15. The Morgan fingerprint density at radius 1 is 1.45 bits per heavy atom. The molecule has 0 saturated heterocycles. The molecule has 7 heteroatoms. The third kappa shape index (κ3) is 4.51. The molecule has 0 aliphatic heterocycles. The number of nitrogens with zero attached hydrogens (tertiary/aromatic N) is 2. The van der Waals surface area contributed by atoms with Gasteiger partial charge in [-0.1, -0.05) is 0 Å². The van der Waals surface area contributed by atoms with Crippen LogP contribution >= 0.6 is 0 Å². The Bertz CT molecular complexity index is 459. The van der Waals surface area contributed by atoms with Crippen molar-refractivity contribution >= 4 is 17.7 Å². The van der Waals surface area contributed by atoms with Crippen LogP contribution in [0.2, 0.25) is 0 Å². The summed E-state index contributed by atoms with van der Waals surface area (Å²) in [6.07, 6.45) is 1.32. The number of carbonyl (C=O) groups excluding carboxylic acids is 1. The van der Waals surface area contributed by atoms with Crippen molar-refractivity contribution in [2.75, 3.05) is 25.6 Å². The van der Waals surface area contributed by atoms with E-state index in [1.54, 1.807) is 12.0 Å². The molecule has 1 rings (SSSR count). The molecule has 2 amide bonds. The van der Waals surface area contributed by atoms with Crippen LogP contribution in [0.4, 0.5) is 10.5 Å². The number of aromatic carboxylic acids is 1. The molecule has 0 atom stereocenters. The van der Waals surface area contributed by atoms with E-state index >= 15 is 0 Å². The average molecular weight is 281 g/mol. The lowest BCUT2D eigenvalue weighted by Crippen LogP contribution is -2.42. The van der Waals surface area contributed by atoms with Gasteiger partial charge in [0.15, 0.2) is 0 Å². The fourth-order valence-electron chi connectivity index (χ4n) is 1.57. The van der Waals surface area contributed by atoms with Crippen LogP contribution < -0.4 is 5.32 Å². The van der Waals surface area contributed by atoms with Crippen molar-refractivity contribution in [1.29, 1.82) is 0 Å². The first kappa shape index (κ1) is 15.9. The van der Waals surface area contributed by atoms with Gasteiger partial charge in [0, 0.05) is 19.7 Å². The van der Waals surface area contributed by atoms with Gasteiger partial charge in [-0.15, -0.1) is 0 Å². The zero-order valence-electron chi connectivity index (χ0n) is 11.8. The molecule has 1 heterocycles. The minimum Gasteiger partial charge on any atom is -0.477 e. The number of methoxy groups -OCH3 is 1. The quantitative estimate of drug-likeness (QED) is 0.827. The van der Waals surface area contributed by atoms with Gasteiger partial charge >= 0.3 is 12.0 Å². The summed E-state index contributed by atoms with van der Waals surface area (Å²) >= 11 is 0. The number of carbonyl (C=O) groups is 2. The number of amides is 2. The molecule has 1 aromatic rings. The van der Waals surface area contributed by atoms with Crippen LogP contribution in [0, 0.1) is 0 Å². The number of aromatic nitrogens is 1. The third-order valence-corrected chi connectivity index (χ3v) is 2.65. The Morgan fingerprint density at radius 2 is 2.15 bits per heavy atom. The van der Waals surface area contributed by atoms with Crippen LogP contribution in [-0.2, 0) is 4.74 Å². The lowest BCUT2D eigenvalue weighted by molar-refractivity contribution is 0.0690. The van der Waals surface area contributed by atoms with Crippen LogP contribution in [0.3, 0.4) is 0 Å². The molecule has 1 aromatic heterocycles. The summed E-state index contributed by atoms with van der Waals surface area (Å²) in [6, 6.07) is 2.59. The van der Waals surface area contributed by atoms with Gasteiger partial charge < -0.3 is 20.1 Å². The molecule has 0 unspecified atom stereocenters. The largest absolute Gasteiger partial charge is 0.477 e. The van der Waals surface area contributed by atoms with E-state index in [1.165, 1.54) is 18.3 Å². The smallest absolute Gasteiger partial charge is 0.354 e. The fourth-order valence-corrected chi connectivity index (χ4v) is 1.57. The van der Waals surface area contributed by atoms with E-state index in [2.05, 4.69) is 10.3 Å². The maximum Gasteiger partial charge on any atom is 0.354 e. The zero-order chi connectivity index (χ0) is 15.1. The van der Waals surface area contributed by atoms with Gasteiger partial charge in [-0.25, -0.2) is 14.6 Å². The molecule has 0 aliphatic rings. The summed E-state index contributed by atoms with van der Waals surface area (Å²) in [7, 11) is 1.57. The number of carboxylic acid groups (broad SMARTS) is 1. The molecule has 0 bridgehead atoms. The molecule has 0 radical (unpaired) electrons. The maximum atomic E-state index is 12.1. The third-order valence-electron chi connectivity index (χ3n) is 2.65. The highest BCUT2D eigenvalue weighted by Gasteiger charge is 2.16. The molecule has 2 N–H and O–H groups in total. The van der Waals surface area contributed by atoms with Crippen LogP contribution in [0.5, 0.6) is 0 Å². The molecule has 0 fully saturated rings. The Labute approximate surface area is 117 Å². The van der Waals surface area contributed by atoms with Crippen molar-refractivity contribution < 1.29 is 19.4 Å². The average Bonchev–Trinajstić information content (AvgIpc) is 2.39. The van der Waals surface area contributed by atoms with E-state index in [9.17, 15) is 9.59 Å². The topological polar surface area (TPSA) is 91.8 Å². The van der Waals surface area contributed by atoms with E-state index in [0.29, 0.717) is 18.8 Å². The summed E-state index contributed by atoms with van der Waals surface area (Å²) < 4.78 is 4.97. The number of nitrogens with one attached hydrogen (secondary N) is 1. The number of hydrogen-bond acceptors (Lipinski definition) is 4. The zero-order valence-corrected chi connectivity index (χ0v) is 11.8. The fraction of sp³-hybridized carbons (Fsp3) is 0.462. The van der Waals surface area contributed by atoms with Crippen LogP contribution in [0.1, 0.15) is 24.3 Å². The van der Waals surface area contributed by atoms with Crippen molar-refractivity contribution in [2.45, 2.75) is 19.9 Å². The number of hydrogen-bond donors (Lipinski definition) is 2. The second-order valence-corrected chi connectivity index (χ2v) is 4.45. The number of rotatable bonds is 6. The molecule has 0 aliphatic carbocycles. The predicted octanol–water partition coefficient (Wildman–Crippen LogP) is 1.67. The van der Waals surface area contributed by atoms with Crippen molar-refractivity contribution in [3.63, 3.8) is 0 Å². The lowest BCUT2D eigenvalue weighted by atomic mass is 10.3. The van der Waals surface area contributed by atoms with Gasteiger partial charge in [0.1, 0.15) is 5.69 Å². The molecule has 0 spiro atoms. The van der Waals surface area contributed by atoms with Crippen LogP contribution in [0.25, 0.3) is 0 Å². The summed E-state index contributed by atoms with van der Waals surface area (Å²) in [6.45, 7) is 4.73. The van der Waals surface area contributed by atoms with Gasteiger partial charge in [0.2, 0.25) is 0 Å². The van der Waals surface area contributed by atoms with Crippen LogP contribution in [0.15, 0.2) is 18.3 Å². The van der Waals surface area contributed by atoms with Crippen molar-refractivity contribution in [2.24, 2.45) is 0 Å². The monoisotopic (exact) mass is 281 g/mol. The number of pyridine rings is 1. The second-order valence-electron chi connectivity index (χ2n) is 4.45. The lowest BCUT2D eigenvalue weighted by Gasteiger charge is -2.26. The van der Waals surface area contributed by atoms with Crippen molar-refractivity contribution in [1.82, 2.24) is 9.88 Å². The SMILES string of the molecule is COCCN(C(=O)Nc1ccc(C(=O)O)nc1)C(C)C. The number of carboxylic acids is 1. The van der Waals surface area contributed by atoms with Crippen molar-refractivity contribution in [3.05, 3.63) is 24.0 Å². The predicted molar refractivity (Wildman–Crippen MR) is 73.9 cm³/mol. The number of anilines is 1. The standard InChI is InChI=1S/C13H19N3O4/c1-9(2)16(6-7-20-3)13(19)15-10-4-5-11(12(17)18)14-8-10/h4-5,8-9H,6-7H2,1-3H3,(H,15,19)(H,17,18). The van der Waals surface area contributed by atoms with E-state index in [1.807, 2.05) is 13.8 Å². The van der Waals surface area contributed by atoms with Crippen LogP contribution in [-0.4, -0.2) is 53.3 Å². The molecule has 0 aromatic carbocycles. The first-order valence-electron chi connectivity index (χ1n) is 6.21. The van der Waals surface area contributed by atoms with Crippen molar-refractivity contribution in [3.8, 4) is 0 Å². The highest BCUT2D eigenvalue weighted by atomic mass is 16.5. The molecule has 110 valence electrons. The minimum absolute atomic E-state index is 0.0244. The number of ether oxygens (including phenoxy) is 1. The molecule has 0 saturated carbocycles. The first-order chi connectivity index (χ1) is 9.45. The van der Waals surface area contributed by atoms with E-state index in [-0.39, 0.29) is 17.8 Å². The Balaban J connectivity index is 2.69. The normalized spacial score (nSPS) is 10.4. The summed E-state index contributed by atoms with van der Waals surface area (Å²) in [5.74, 6) is -1.10. The van der Waals surface area contributed by atoms with E-state index in [0.717, 1.165) is 0 Å². The summed E-state index contributed by atoms with van der Waals surface area (Å²) in [5.41, 5.74) is 0.381. The molecular weight excluding hydrogens is 262 g/mol. The van der Waals surface area contributed by atoms with Gasteiger partial charge in [0.25, 0.3) is 0 Å². The molecular formula is C13H19N3O4. The van der Waals surface area contributed by atoms with E-state index in [4.69, 9.17) is 9.84 Å². The van der Waals surface area contributed by atoms with Gasteiger partial charge in [-0.3, -0.25) is 0 Å². The highest BCUT2D eigenvalue weighted by molar-refractivity contribution is 5.90. The van der Waals surface area contributed by atoms with Gasteiger partial charge in [-0.05, 0) is 26.0 Å². The highest BCUT2D eigenvalue weighted by Crippen LogP contribution is 2.09. The summed E-state index contributed by atoms with van der Waals surface area (Å²) in [5, 5.41) is 11.4. The summed E-state index contributed by atoms with van der Waals surface area (Å²) in [4.78, 5) is 28.1. The molecule has 20 heavy (non-hydrogen) atoms. The second kappa shape index (κ2) is 7.44. The Morgan fingerprint density at radius 3 is 2.60 bits per heavy atom.